The summed E-state index contributed by atoms with van der Waals surface area (Å²) in [6.07, 6.45) is 48.0. The van der Waals surface area contributed by atoms with Gasteiger partial charge in [-0.2, -0.15) is 0 Å². The van der Waals surface area contributed by atoms with Gasteiger partial charge in [0.05, 0.1) is 6.61 Å². The summed E-state index contributed by atoms with van der Waals surface area (Å²) in [5, 5.41) is 0. The number of phosphoric ester groups is 1. The van der Waals surface area contributed by atoms with Gasteiger partial charge in [-0.15, -0.1) is 0 Å². The standard InChI is InChI=1S/C43H75O8P/c1-3-5-7-9-11-13-15-17-19-20-21-22-24-25-27-29-31-33-35-37-42(44)49-39-41(40-50-52(46,47)48)51-43(45)38-36-34-32-30-28-26-23-18-16-14-12-10-8-6-4-2/h6,8,12,14,17-19,23,28,30,41H,3-5,7,9-11,13,15-16,20-22,24-27,29,31-40H2,1-2H3,(H2,46,47,48)/b8-6+,14-12+,19-17+,23-18+,30-28+/t41-/m1/s1. The van der Waals surface area contributed by atoms with Gasteiger partial charge in [-0.25, -0.2) is 4.57 Å². The summed E-state index contributed by atoms with van der Waals surface area (Å²) in [4.78, 5) is 42.8. The number of rotatable bonds is 37. The summed E-state index contributed by atoms with van der Waals surface area (Å²) >= 11 is 0. The minimum Gasteiger partial charge on any atom is -0.462 e. The molecular weight excluding hydrogens is 675 g/mol. The van der Waals surface area contributed by atoms with Crippen LogP contribution >= 0.6 is 7.82 Å². The molecule has 1 atom stereocenters. The zero-order valence-electron chi connectivity index (χ0n) is 32.9. The molecule has 0 amide bonds. The third-order valence-corrected chi connectivity index (χ3v) is 9.01. The summed E-state index contributed by atoms with van der Waals surface area (Å²) in [5.74, 6) is -0.938. The lowest BCUT2D eigenvalue weighted by atomic mass is 10.1. The number of carbonyl (C=O) groups excluding carboxylic acids is 2. The van der Waals surface area contributed by atoms with Crippen LogP contribution in [0.4, 0.5) is 0 Å². The summed E-state index contributed by atoms with van der Waals surface area (Å²) in [6, 6.07) is 0. The minimum absolute atomic E-state index is 0.157. The van der Waals surface area contributed by atoms with Crippen LogP contribution in [0.3, 0.4) is 0 Å². The van der Waals surface area contributed by atoms with E-state index in [0.29, 0.717) is 12.8 Å². The Kier molecular flexibility index (Phi) is 36.8. The number of allylic oxidation sites excluding steroid dienone is 10. The van der Waals surface area contributed by atoms with E-state index in [4.69, 9.17) is 19.3 Å². The SMILES string of the molecule is CC/C=C/C/C=C/C/C=C/C/C=C/CCCCC(=O)O[C@H](COC(=O)CCCCCCCCCCC/C=C/CCCCCCCC)COP(=O)(O)O. The third-order valence-electron chi connectivity index (χ3n) is 8.52. The maximum absolute atomic E-state index is 12.4. The van der Waals surface area contributed by atoms with Crippen LogP contribution in [0.2, 0.25) is 0 Å². The van der Waals surface area contributed by atoms with Crippen LogP contribution in [0.15, 0.2) is 60.8 Å². The van der Waals surface area contributed by atoms with E-state index in [1.165, 1.54) is 83.5 Å². The van der Waals surface area contributed by atoms with Gasteiger partial charge in [0.2, 0.25) is 0 Å². The number of hydrogen-bond donors (Lipinski definition) is 2. The van der Waals surface area contributed by atoms with Gasteiger partial charge in [0.25, 0.3) is 0 Å². The number of ether oxygens (including phenoxy) is 2. The molecule has 0 aliphatic heterocycles. The molecule has 52 heavy (non-hydrogen) atoms. The Bertz CT molecular complexity index is 1030. The van der Waals surface area contributed by atoms with Crippen molar-refractivity contribution in [1.29, 1.82) is 0 Å². The third kappa shape index (κ3) is 40.5. The van der Waals surface area contributed by atoms with Crippen molar-refractivity contribution in [3.63, 3.8) is 0 Å². The van der Waals surface area contributed by atoms with E-state index in [1.807, 2.05) is 0 Å². The van der Waals surface area contributed by atoms with E-state index in [2.05, 4.69) is 79.1 Å². The van der Waals surface area contributed by atoms with Crippen molar-refractivity contribution in [1.82, 2.24) is 0 Å². The molecule has 0 rings (SSSR count). The molecule has 0 aromatic heterocycles. The van der Waals surface area contributed by atoms with Gasteiger partial charge in [0.1, 0.15) is 6.61 Å². The lowest BCUT2D eigenvalue weighted by molar-refractivity contribution is -0.161. The second-order valence-corrected chi connectivity index (χ2v) is 14.8. The fourth-order valence-corrected chi connectivity index (χ4v) is 5.84. The summed E-state index contributed by atoms with van der Waals surface area (Å²) in [5.41, 5.74) is 0. The molecule has 0 bridgehead atoms. The molecule has 300 valence electrons. The van der Waals surface area contributed by atoms with Crippen LogP contribution in [0.25, 0.3) is 0 Å². The Balaban J connectivity index is 3.97. The molecule has 0 aliphatic rings. The van der Waals surface area contributed by atoms with Crippen molar-refractivity contribution in [3.8, 4) is 0 Å². The van der Waals surface area contributed by atoms with Crippen molar-refractivity contribution in [2.75, 3.05) is 13.2 Å². The first kappa shape index (κ1) is 49.8. The summed E-state index contributed by atoms with van der Waals surface area (Å²) < 4.78 is 26.3. The van der Waals surface area contributed by atoms with E-state index < -0.39 is 32.5 Å². The molecule has 0 aromatic carbocycles. The first-order valence-corrected chi connectivity index (χ1v) is 22.1. The van der Waals surface area contributed by atoms with Crippen LogP contribution in [-0.4, -0.2) is 41.0 Å². The second kappa shape index (κ2) is 38.5. The van der Waals surface area contributed by atoms with Crippen molar-refractivity contribution in [2.45, 2.75) is 187 Å². The van der Waals surface area contributed by atoms with Crippen molar-refractivity contribution in [3.05, 3.63) is 60.8 Å². The lowest BCUT2D eigenvalue weighted by Gasteiger charge is -2.18. The van der Waals surface area contributed by atoms with Crippen molar-refractivity contribution >= 4 is 19.8 Å². The first-order valence-electron chi connectivity index (χ1n) is 20.6. The predicted octanol–water partition coefficient (Wildman–Crippen LogP) is 12.5. The van der Waals surface area contributed by atoms with Gasteiger partial charge < -0.3 is 19.3 Å². The van der Waals surface area contributed by atoms with Gasteiger partial charge in [-0.05, 0) is 77.0 Å². The fraction of sp³-hybridized carbons (Fsp3) is 0.721. The van der Waals surface area contributed by atoms with E-state index in [1.54, 1.807) is 0 Å². The fourth-order valence-electron chi connectivity index (χ4n) is 5.48. The van der Waals surface area contributed by atoms with Crippen molar-refractivity contribution < 1.29 is 37.9 Å². The molecule has 0 unspecified atom stereocenters. The maximum atomic E-state index is 12.4. The zero-order chi connectivity index (χ0) is 38.2. The van der Waals surface area contributed by atoms with Crippen molar-refractivity contribution in [2.24, 2.45) is 0 Å². The van der Waals surface area contributed by atoms with Crippen LogP contribution in [0.5, 0.6) is 0 Å². The van der Waals surface area contributed by atoms with Gasteiger partial charge in [0, 0.05) is 12.8 Å². The molecule has 0 spiro atoms. The monoisotopic (exact) mass is 751 g/mol. The van der Waals surface area contributed by atoms with E-state index in [0.717, 1.165) is 57.8 Å². The molecule has 8 nitrogen and oxygen atoms in total. The molecule has 0 aromatic rings. The molecule has 0 aliphatic carbocycles. The first-order chi connectivity index (χ1) is 25.3. The second-order valence-electron chi connectivity index (χ2n) is 13.6. The molecule has 0 heterocycles. The Morgan fingerprint density at radius 3 is 1.44 bits per heavy atom. The van der Waals surface area contributed by atoms with Crippen LogP contribution in [-0.2, 0) is 28.2 Å². The Morgan fingerprint density at radius 2 is 0.923 bits per heavy atom. The van der Waals surface area contributed by atoms with Crippen LogP contribution < -0.4 is 0 Å². The van der Waals surface area contributed by atoms with E-state index in [-0.39, 0.29) is 19.4 Å². The van der Waals surface area contributed by atoms with Crippen LogP contribution in [0, 0.1) is 0 Å². The number of unbranched alkanes of at least 4 members (excludes halogenated alkanes) is 17. The molecule has 2 N–H and O–H groups in total. The highest BCUT2D eigenvalue weighted by Crippen LogP contribution is 2.36. The maximum Gasteiger partial charge on any atom is 0.469 e. The molecule has 0 fully saturated rings. The number of carbonyl (C=O) groups is 2. The zero-order valence-corrected chi connectivity index (χ0v) is 33.8. The molecule has 0 radical (unpaired) electrons. The average Bonchev–Trinajstić information content (AvgIpc) is 3.11. The number of esters is 2. The smallest absolute Gasteiger partial charge is 0.462 e. The minimum atomic E-state index is -4.77. The highest BCUT2D eigenvalue weighted by Gasteiger charge is 2.22. The molecule has 0 saturated carbocycles. The predicted molar refractivity (Wildman–Crippen MR) is 216 cm³/mol. The van der Waals surface area contributed by atoms with Gasteiger partial charge in [0.15, 0.2) is 6.10 Å². The highest BCUT2D eigenvalue weighted by atomic mass is 31.2. The van der Waals surface area contributed by atoms with E-state index in [9.17, 15) is 14.2 Å². The molecule has 9 heteroatoms. The van der Waals surface area contributed by atoms with Crippen LogP contribution in [0.1, 0.15) is 181 Å². The average molecular weight is 751 g/mol. The summed E-state index contributed by atoms with van der Waals surface area (Å²) in [7, 11) is -4.77. The highest BCUT2D eigenvalue weighted by molar-refractivity contribution is 7.46. The quantitative estimate of drug-likeness (QED) is 0.0279. The van der Waals surface area contributed by atoms with E-state index >= 15 is 0 Å². The Morgan fingerprint density at radius 1 is 0.519 bits per heavy atom. The van der Waals surface area contributed by atoms with Gasteiger partial charge >= 0.3 is 19.8 Å². The Hall–Kier alpha value is -2.25. The lowest BCUT2D eigenvalue weighted by Crippen LogP contribution is -2.29. The molecular formula is C43H75O8P. The Labute approximate surface area is 317 Å². The summed E-state index contributed by atoms with van der Waals surface area (Å²) in [6.45, 7) is 3.53. The topological polar surface area (TPSA) is 119 Å². The normalized spacial score (nSPS) is 13.1. The molecule has 0 saturated heterocycles. The van der Waals surface area contributed by atoms with Gasteiger partial charge in [-0.1, -0.05) is 152 Å². The largest absolute Gasteiger partial charge is 0.469 e. The van der Waals surface area contributed by atoms with Gasteiger partial charge in [-0.3, -0.25) is 14.1 Å². The number of phosphoric acid groups is 1. The number of hydrogen-bond acceptors (Lipinski definition) is 6.